The second-order valence-corrected chi connectivity index (χ2v) is 3.49. The Kier molecular flexibility index (Phi) is 3.47. The van der Waals surface area contributed by atoms with Crippen LogP contribution in [0.2, 0.25) is 0 Å². The minimum absolute atomic E-state index is 0.0747. The molecule has 0 bridgehead atoms. The second-order valence-electron chi connectivity index (χ2n) is 3.49. The van der Waals surface area contributed by atoms with Crippen molar-refractivity contribution >= 4 is 5.78 Å². The van der Waals surface area contributed by atoms with Gasteiger partial charge < -0.3 is 9.47 Å². The van der Waals surface area contributed by atoms with Crippen LogP contribution in [0.3, 0.4) is 0 Å². The van der Waals surface area contributed by atoms with Crippen molar-refractivity contribution in [3.8, 4) is 11.5 Å². The lowest BCUT2D eigenvalue weighted by molar-refractivity contribution is 0.0984. The molecule has 1 aromatic rings. The fourth-order valence-electron chi connectivity index (χ4n) is 1.56. The van der Waals surface area contributed by atoms with E-state index in [1.165, 1.54) is 0 Å². The van der Waals surface area contributed by atoms with E-state index in [1.54, 1.807) is 18.2 Å². The van der Waals surface area contributed by atoms with Gasteiger partial charge >= 0.3 is 0 Å². The Morgan fingerprint density at radius 2 is 2.12 bits per heavy atom. The molecule has 88 valence electrons. The van der Waals surface area contributed by atoms with Crippen molar-refractivity contribution in [1.29, 1.82) is 0 Å². The molecule has 1 aliphatic heterocycles. The molecule has 0 saturated carbocycles. The van der Waals surface area contributed by atoms with Gasteiger partial charge in [-0.15, -0.1) is 0 Å². The van der Waals surface area contributed by atoms with Crippen molar-refractivity contribution in [3.05, 3.63) is 34.2 Å². The molecule has 0 aromatic heterocycles. The Morgan fingerprint density at radius 3 is 2.88 bits per heavy atom. The first-order valence-corrected chi connectivity index (χ1v) is 5.25. The van der Waals surface area contributed by atoms with Crippen LogP contribution in [0.4, 0.5) is 0 Å². The fraction of sp³-hybridized carbons (Fsp3) is 0.364. The number of Topliss-reactive ketones (excluding diaryl/α,β-unsaturated/α-hetero) is 1. The van der Waals surface area contributed by atoms with Crippen LogP contribution < -0.4 is 9.47 Å². The van der Waals surface area contributed by atoms with Gasteiger partial charge in [-0.1, -0.05) is 5.11 Å². The minimum atomic E-state index is -0.0747. The van der Waals surface area contributed by atoms with Crippen LogP contribution in [0.25, 0.3) is 10.4 Å². The topological polar surface area (TPSA) is 84.3 Å². The van der Waals surface area contributed by atoms with Gasteiger partial charge in [-0.25, -0.2) is 0 Å². The fourth-order valence-corrected chi connectivity index (χ4v) is 1.56. The molecule has 0 spiro atoms. The molecule has 1 aromatic carbocycles. The molecule has 0 amide bonds. The van der Waals surface area contributed by atoms with E-state index in [0.717, 1.165) is 0 Å². The standard InChI is InChI=1S/C11H11N3O3/c12-14-13-4-3-9(15)8-1-2-10-11(7-8)17-6-5-16-10/h1-2,7H,3-6H2. The van der Waals surface area contributed by atoms with Gasteiger partial charge in [-0.2, -0.15) is 0 Å². The first-order chi connectivity index (χ1) is 8.31. The SMILES string of the molecule is [N-]=[N+]=NCCC(=O)c1ccc2c(c1)OCCO2. The molecule has 0 radical (unpaired) electrons. The molecule has 6 nitrogen and oxygen atoms in total. The normalized spacial score (nSPS) is 12.7. The molecule has 1 heterocycles. The number of fused-ring (bicyclic) bond motifs is 1. The first-order valence-electron chi connectivity index (χ1n) is 5.25. The highest BCUT2D eigenvalue weighted by atomic mass is 16.6. The number of ether oxygens (including phenoxy) is 2. The van der Waals surface area contributed by atoms with Crippen molar-refractivity contribution in [2.45, 2.75) is 6.42 Å². The molecule has 0 fully saturated rings. The summed E-state index contributed by atoms with van der Waals surface area (Å²) in [5, 5.41) is 3.33. The van der Waals surface area contributed by atoms with Gasteiger partial charge in [0.25, 0.3) is 0 Å². The summed E-state index contributed by atoms with van der Waals surface area (Å²) in [6.07, 6.45) is 0.198. The molecular weight excluding hydrogens is 222 g/mol. The predicted molar refractivity (Wildman–Crippen MR) is 60.4 cm³/mol. The Balaban J connectivity index is 2.10. The van der Waals surface area contributed by atoms with Gasteiger partial charge in [0.05, 0.1) is 0 Å². The van der Waals surface area contributed by atoms with Crippen LogP contribution in [0.5, 0.6) is 11.5 Å². The van der Waals surface area contributed by atoms with Crippen molar-refractivity contribution in [2.24, 2.45) is 5.11 Å². The van der Waals surface area contributed by atoms with E-state index in [4.69, 9.17) is 15.0 Å². The summed E-state index contributed by atoms with van der Waals surface area (Å²) in [6, 6.07) is 5.06. The van der Waals surface area contributed by atoms with E-state index in [1.807, 2.05) is 0 Å². The third-order valence-corrected chi connectivity index (χ3v) is 2.37. The molecule has 0 atom stereocenters. The Labute approximate surface area is 97.8 Å². The van der Waals surface area contributed by atoms with Gasteiger partial charge in [0.15, 0.2) is 17.3 Å². The number of azide groups is 1. The smallest absolute Gasteiger partial charge is 0.163 e. The molecule has 0 unspecified atom stereocenters. The van der Waals surface area contributed by atoms with E-state index in [0.29, 0.717) is 30.3 Å². The maximum Gasteiger partial charge on any atom is 0.163 e. The molecule has 17 heavy (non-hydrogen) atoms. The zero-order chi connectivity index (χ0) is 12.1. The number of hydrogen-bond donors (Lipinski definition) is 0. The van der Waals surface area contributed by atoms with Crippen LogP contribution in [-0.2, 0) is 0 Å². The van der Waals surface area contributed by atoms with E-state index in [-0.39, 0.29) is 18.7 Å². The van der Waals surface area contributed by atoms with Gasteiger partial charge in [-0.3, -0.25) is 4.79 Å². The van der Waals surface area contributed by atoms with E-state index in [9.17, 15) is 4.79 Å². The minimum Gasteiger partial charge on any atom is -0.486 e. The van der Waals surface area contributed by atoms with Crippen molar-refractivity contribution in [2.75, 3.05) is 19.8 Å². The lowest BCUT2D eigenvalue weighted by atomic mass is 10.1. The predicted octanol–water partition coefficient (Wildman–Crippen LogP) is 2.34. The summed E-state index contributed by atoms with van der Waals surface area (Å²) < 4.78 is 10.7. The first kappa shape index (κ1) is 11.3. The van der Waals surface area contributed by atoms with Gasteiger partial charge in [0.2, 0.25) is 0 Å². The number of rotatable bonds is 4. The van der Waals surface area contributed by atoms with Gasteiger partial charge in [0.1, 0.15) is 13.2 Å². The summed E-state index contributed by atoms with van der Waals surface area (Å²) in [4.78, 5) is 14.3. The number of hydrogen-bond acceptors (Lipinski definition) is 4. The lowest BCUT2D eigenvalue weighted by Crippen LogP contribution is -2.15. The largest absolute Gasteiger partial charge is 0.486 e. The van der Waals surface area contributed by atoms with Crippen LogP contribution >= 0.6 is 0 Å². The van der Waals surface area contributed by atoms with Crippen molar-refractivity contribution < 1.29 is 14.3 Å². The summed E-state index contributed by atoms with van der Waals surface area (Å²) in [7, 11) is 0. The number of ketones is 1. The van der Waals surface area contributed by atoms with E-state index in [2.05, 4.69) is 10.0 Å². The lowest BCUT2D eigenvalue weighted by Gasteiger charge is -2.18. The average molecular weight is 233 g/mol. The van der Waals surface area contributed by atoms with Crippen LogP contribution in [0, 0.1) is 0 Å². The third-order valence-electron chi connectivity index (χ3n) is 2.37. The van der Waals surface area contributed by atoms with Crippen LogP contribution in [0.15, 0.2) is 23.3 Å². The van der Waals surface area contributed by atoms with Crippen molar-refractivity contribution in [1.82, 2.24) is 0 Å². The zero-order valence-corrected chi connectivity index (χ0v) is 9.13. The molecule has 0 aliphatic carbocycles. The number of carbonyl (C=O) groups is 1. The molecule has 2 rings (SSSR count). The number of benzene rings is 1. The molecular formula is C11H11N3O3. The highest BCUT2D eigenvalue weighted by Crippen LogP contribution is 2.30. The summed E-state index contributed by atoms with van der Waals surface area (Å²) in [6.45, 7) is 1.18. The van der Waals surface area contributed by atoms with Gasteiger partial charge in [-0.05, 0) is 23.7 Å². The molecule has 1 aliphatic rings. The van der Waals surface area contributed by atoms with Crippen LogP contribution in [0.1, 0.15) is 16.8 Å². The van der Waals surface area contributed by atoms with E-state index >= 15 is 0 Å². The quantitative estimate of drug-likeness (QED) is 0.346. The maximum atomic E-state index is 11.7. The molecule has 0 N–H and O–H groups in total. The Morgan fingerprint density at radius 1 is 1.35 bits per heavy atom. The highest BCUT2D eigenvalue weighted by Gasteiger charge is 2.14. The van der Waals surface area contributed by atoms with E-state index < -0.39 is 0 Å². The number of nitrogens with zero attached hydrogens (tertiary/aromatic N) is 3. The van der Waals surface area contributed by atoms with Crippen molar-refractivity contribution in [3.63, 3.8) is 0 Å². The molecule has 6 heteroatoms. The van der Waals surface area contributed by atoms with Gasteiger partial charge in [0, 0.05) is 23.4 Å². The third kappa shape index (κ3) is 2.68. The summed E-state index contributed by atoms with van der Waals surface area (Å²) in [5.74, 6) is 1.17. The Bertz CT molecular complexity index is 481. The zero-order valence-electron chi connectivity index (χ0n) is 9.13. The maximum absolute atomic E-state index is 11.7. The highest BCUT2D eigenvalue weighted by molar-refractivity contribution is 5.96. The second kappa shape index (κ2) is 5.23. The molecule has 0 saturated heterocycles. The number of carbonyl (C=O) groups excluding carboxylic acids is 1. The monoisotopic (exact) mass is 233 g/mol. The summed E-state index contributed by atoms with van der Waals surface area (Å²) >= 11 is 0. The summed E-state index contributed by atoms with van der Waals surface area (Å²) in [5.41, 5.74) is 8.66. The Hall–Kier alpha value is -2.20. The van der Waals surface area contributed by atoms with Crippen LogP contribution in [-0.4, -0.2) is 25.5 Å². The average Bonchev–Trinajstić information content (AvgIpc) is 2.38.